The van der Waals surface area contributed by atoms with Gasteiger partial charge in [-0.05, 0) is 36.8 Å². The van der Waals surface area contributed by atoms with E-state index in [9.17, 15) is 4.79 Å². The number of aromatic nitrogens is 1. The fourth-order valence-electron chi connectivity index (χ4n) is 1.63. The van der Waals surface area contributed by atoms with E-state index >= 15 is 0 Å². The van der Waals surface area contributed by atoms with E-state index in [4.69, 9.17) is 5.11 Å². The molecule has 2 aromatic rings. The molecule has 1 heterocycles. The van der Waals surface area contributed by atoms with Gasteiger partial charge in [0.1, 0.15) is 0 Å². The van der Waals surface area contributed by atoms with Crippen LogP contribution in [0.4, 0.5) is 5.69 Å². The van der Waals surface area contributed by atoms with Crippen molar-refractivity contribution >= 4 is 11.7 Å². The molecule has 1 aromatic heterocycles. The zero-order valence-electron chi connectivity index (χ0n) is 10.1. The third kappa shape index (κ3) is 2.85. The molecule has 2 N–H and O–H groups in total. The van der Waals surface area contributed by atoms with Gasteiger partial charge in [0.2, 0.25) is 0 Å². The summed E-state index contributed by atoms with van der Waals surface area (Å²) in [6.45, 7) is 2.59. The van der Waals surface area contributed by atoms with Crippen molar-refractivity contribution in [2.24, 2.45) is 0 Å². The summed E-state index contributed by atoms with van der Waals surface area (Å²) in [6, 6.07) is 10.7. The molecule has 0 spiro atoms. The molecule has 92 valence electrons. The number of benzene rings is 1. The van der Waals surface area contributed by atoms with Crippen LogP contribution in [-0.2, 0) is 6.54 Å². The first-order valence-electron chi connectivity index (χ1n) is 5.64. The lowest BCUT2D eigenvalue weighted by Gasteiger charge is -2.08. The Morgan fingerprint density at radius 3 is 2.61 bits per heavy atom. The Balaban J connectivity index is 2.02. The predicted molar refractivity (Wildman–Crippen MR) is 69.7 cm³/mol. The molecule has 0 radical (unpaired) electrons. The summed E-state index contributed by atoms with van der Waals surface area (Å²) in [6.07, 6.45) is 1.75. The molecule has 0 saturated heterocycles. The number of pyridine rings is 1. The van der Waals surface area contributed by atoms with E-state index in [1.807, 2.05) is 31.2 Å². The SMILES string of the molecule is Cc1ncccc1NCc1ccc(C(=O)O)cc1. The molecule has 0 fully saturated rings. The van der Waals surface area contributed by atoms with Crippen LogP contribution in [0.3, 0.4) is 0 Å². The first-order chi connectivity index (χ1) is 8.66. The number of hydrogen-bond donors (Lipinski definition) is 2. The van der Waals surface area contributed by atoms with Crippen molar-refractivity contribution in [3.8, 4) is 0 Å². The van der Waals surface area contributed by atoms with Crippen molar-refractivity contribution in [3.63, 3.8) is 0 Å². The van der Waals surface area contributed by atoms with Crippen LogP contribution in [0.5, 0.6) is 0 Å². The van der Waals surface area contributed by atoms with Gasteiger partial charge in [-0.15, -0.1) is 0 Å². The highest BCUT2D eigenvalue weighted by Gasteiger charge is 2.02. The Labute approximate surface area is 105 Å². The molecule has 4 heteroatoms. The monoisotopic (exact) mass is 242 g/mol. The second-order valence-electron chi connectivity index (χ2n) is 3.99. The lowest BCUT2D eigenvalue weighted by molar-refractivity contribution is 0.0697. The molecule has 18 heavy (non-hydrogen) atoms. The Morgan fingerprint density at radius 2 is 2.00 bits per heavy atom. The molecule has 0 unspecified atom stereocenters. The summed E-state index contributed by atoms with van der Waals surface area (Å²) in [7, 11) is 0. The van der Waals surface area contributed by atoms with Crippen LogP contribution in [0.1, 0.15) is 21.6 Å². The molecule has 0 aliphatic carbocycles. The van der Waals surface area contributed by atoms with E-state index < -0.39 is 5.97 Å². The fourth-order valence-corrected chi connectivity index (χ4v) is 1.63. The molecule has 0 atom stereocenters. The van der Waals surface area contributed by atoms with E-state index in [-0.39, 0.29) is 0 Å². The number of nitrogens with zero attached hydrogens (tertiary/aromatic N) is 1. The number of nitrogens with one attached hydrogen (secondary N) is 1. The summed E-state index contributed by atoms with van der Waals surface area (Å²) >= 11 is 0. The van der Waals surface area contributed by atoms with Crippen LogP contribution in [0.25, 0.3) is 0 Å². The van der Waals surface area contributed by atoms with Crippen molar-refractivity contribution in [3.05, 3.63) is 59.4 Å². The van der Waals surface area contributed by atoms with Gasteiger partial charge < -0.3 is 10.4 Å². The van der Waals surface area contributed by atoms with Gasteiger partial charge in [0.15, 0.2) is 0 Å². The van der Waals surface area contributed by atoms with Crippen LogP contribution in [0.2, 0.25) is 0 Å². The van der Waals surface area contributed by atoms with Crippen molar-refractivity contribution in [2.45, 2.75) is 13.5 Å². The van der Waals surface area contributed by atoms with Gasteiger partial charge in [-0.1, -0.05) is 12.1 Å². The van der Waals surface area contributed by atoms with Crippen LogP contribution in [0.15, 0.2) is 42.6 Å². The lowest BCUT2D eigenvalue weighted by atomic mass is 10.1. The summed E-state index contributed by atoms with van der Waals surface area (Å²) in [5.74, 6) is -0.905. The predicted octanol–water partition coefficient (Wildman–Crippen LogP) is 2.70. The number of carboxylic acids is 1. The quantitative estimate of drug-likeness (QED) is 0.865. The van der Waals surface area contributed by atoms with E-state index in [2.05, 4.69) is 10.3 Å². The van der Waals surface area contributed by atoms with Crippen LogP contribution >= 0.6 is 0 Å². The Morgan fingerprint density at radius 1 is 1.28 bits per heavy atom. The molecule has 0 bridgehead atoms. The number of hydrogen-bond acceptors (Lipinski definition) is 3. The minimum absolute atomic E-state index is 0.302. The summed E-state index contributed by atoms with van der Waals surface area (Å²) in [5.41, 5.74) is 3.26. The molecule has 0 amide bonds. The largest absolute Gasteiger partial charge is 0.478 e. The highest BCUT2D eigenvalue weighted by atomic mass is 16.4. The fraction of sp³-hybridized carbons (Fsp3) is 0.143. The number of carbonyl (C=O) groups is 1. The summed E-state index contributed by atoms with van der Waals surface area (Å²) in [5, 5.41) is 12.1. The summed E-state index contributed by atoms with van der Waals surface area (Å²) < 4.78 is 0. The first kappa shape index (κ1) is 12.1. The van der Waals surface area contributed by atoms with E-state index in [1.54, 1.807) is 18.3 Å². The normalized spacial score (nSPS) is 10.1. The average Bonchev–Trinajstić information content (AvgIpc) is 2.38. The lowest BCUT2D eigenvalue weighted by Crippen LogP contribution is -2.02. The minimum atomic E-state index is -0.905. The van der Waals surface area contributed by atoms with Gasteiger partial charge in [0.05, 0.1) is 16.9 Å². The molecular formula is C14H14N2O2. The van der Waals surface area contributed by atoms with Gasteiger partial charge in [-0.25, -0.2) is 4.79 Å². The van der Waals surface area contributed by atoms with E-state index in [0.717, 1.165) is 16.9 Å². The Kier molecular flexibility index (Phi) is 3.57. The van der Waals surface area contributed by atoms with Crippen molar-refractivity contribution in [1.29, 1.82) is 0 Å². The molecule has 0 aliphatic heterocycles. The van der Waals surface area contributed by atoms with Gasteiger partial charge in [0.25, 0.3) is 0 Å². The Hall–Kier alpha value is -2.36. The maximum absolute atomic E-state index is 10.7. The number of anilines is 1. The van der Waals surface area contributed by atoms with E-state index in [1.165, 1.54) is 0 Å². The van der Waals surface area contributed by atoms with Crippen LogP contribution in [-0.4, -0.2) is 16.1 Å². The van der Waals surface area contributed by atoms with Gasteiger partial charge in [-0.3, -0.25) is 4.98 Å². The molecular weight excluding hydrogens is 228 g/mol. The highest BCUT2D eigenvalue weighted by Crippen LogP contribution is 2.12. The van der Waals surface area contributed by atoms with Crippen molar-refractivity contribution < 1.29 is 9.90 Å². The van der Waals surface area contributed by atoms with Crippen LogP contribution in [0, 0.1) is 6.92 Å². The molecule has 4 nitrogen and oxygen atoms in total. The third-order valence-electron chi connectivity index (χ3n) is 2.69. The maximum Gasteiger partial charge on any atom is 0.335 e. The molecule has 0 aliphatic rings. The minimum Gasteiger partial charge on any atom is -0.478 e. The highest BCUT2D eigenvalue weighted by molar-refractivity contribution is 5.87. The third-order valence-corrected chi connectivity index (χ3v) is 2.69. The summed E-state index contributed by atoms with van der Waals surface area (Å²) in [4.78, 5) is 14.9. The Bertz CT molecular complexity index is 550. The van der Waals surface area contributed by atoms with Crippen molar-refractivity contribution in [2.75, 3.05) is 5.32 Å². The topological polar surface area (TPSA) is 62.2 Å². The number of carboxylic acid groups (broad SMARTS) is 1. The number of aromatic carboxylic acids is 1. The molecule has 2 rings (SSSR count). The molecule has 1 aromatic carbocycles. The number of rotatable bonds is 4. The maximum atomic E-state index is 10.7. The van der Waals surface area contributed by atoms with E-state index in [0.29, 0.717) is 12.1 Å². The standard InChI is InChI=1S/C14H14N2O2/c1-10-13(3-2-8-15-10)16-9-11-4-6-12(7-5-11)14(17)18/h2-8,16H,9H2,1H3,(H,17,18). The number of aryl methyl sites for hydroxylation is 1. The second kappa shape index (κ2) is 5.31. The van der Waals surface area contributed by atoms with Crippen LogP contribution < -0.4 is 5.32 Å². The van der Waals surface area contributed by atoms with Gasteiger partial charge >= 0.3 is 5.97 Å². The van der Waals surface area contributed by atoms with Gasteiger partial charge in [0, 0.05) is 12.7 Å². The second-order valence-corrected chi connectivity index (χ2v) is 3.99. The zero-order chi connectivity index (χ0) is 13.0. The van der Waals surface area contributed by atoms with Crippen molar-refractivity contribution in [1.82, 2.24) is 4.98 Å². The molecule has 0 saturated carbocycles. The first-order valence-corrected chi connectivity index (χ1v) is 5.64. The smallest absolute Gasteiger partial charge is 0.335 e. The average molecular weight is 242 g/mol. The van der Waals surface area contributed by atoms with Gasteiger partial charge in [-0.2, -0.15) is 0 Å². The zero-order valence-corrected chi connectivity index (χ0v) is 10.1.